The van der Waals surface area contributed by atoms with Crippen molar-refractivity contribution in [3.8, 4) is 16.9 Å². The molecule has 0 amide bonds. The Morgan fingerprint density at radius 2 is 2.00 bits per heavy atom. The molecule has 3 aromatic rings. The predicted octanol–water partition coefficient (Wildman–Crippen LogP) is 3.86. The molecule has 2 heterocycles. The Hall–Kier alpha value is -2.18. The van der Waals surface area contributed by atoms with Crippen LogP contribution in [-0.2, 0) is 0 Å². The van der Waals surface area contributed by atoms with Crippen LogP contribution in [0.5, 0.6) is 5.75 Å². The summed E-state index contributed by atoms with van der Waals surface area (Å²) in [6.07, 6.45) is 0.822. The van der Waals surface area contributed by atoms with Crippen LogP contribution in [0.3, 0.4) is 0 Å². The van der Waals surface area contributed by atoms with Gasteiger partial charge in [0.15, 0.2) is 0 Å². The minimum absolute atomic E-state index is 0.0221. The molecule has 0 saturated heterocycles. The first-order valence-corrected chi connectivity index (χ1v) is 8.81. The highest BCUT2D eigenvalue weighted by atomic mass is 32.1. The van der Waals surface area contributed by atoms with Crippen molar-refractivity contribution in [2.24, 2.45) is 0 Å². The molecule has 0 aliphatic heterocycles. The second-order valence-electron chi connectivity index (χ2n) is 5.61. The van der Waals surface area contributed by atoms with Gasteiger partial charge in [0.25, 0.3) is 0 Å². The summed E-state index contributed by atoms with van der Waals surface area (Å²) in [4.78, 5) is 10.1. The molecule has 0 aliphatic rings. The monoisotopic (exact) mass is 343 g/mol. The average Bonchev–Trinajstić information content (AvgIpc) is 3.03. The molecule has 0 aliphatic carbocycles. The van der Waals surface area contributed by atoms with Gasteiger partial charge in [-0.2, -0.15) is 0 Å². The number of aryl methyl sites for hydroxylation is 1. The Labute approximate surface area is 145 Å². The van der Waals surface area contributed by atoms with Gasteiger partial charge < -0.3 is 15.2 Å². The second-order valence-corrected chi connectivity index (χ2v) is 6.47. The van der Waals surface area contributed by atoms with Gasteiger partial charge in [-0.1, -0.05) is 19.1 Å². The third-order valence-corrected chi connectivity index (χ3v) is 4.87. The Balaban J connectivity index is 2.11. The van der Waals surface area contributed by atoms with Crippen molar-refractivity contribution in [3.63, 3.8) is 0 Å². The SMILES string of the molecule is CCC(CO)Nc1nc(C)nc2scc(-c3ccc(OC)cc3)c12. The molecule has 1 atom stereocenters. The summed E-state index contributed by atoms with van der Waals surface area (Å²) in [6.45, 7) is 4.00. The number of methoxy groups -OCH3 is 1. The van der Waals surface area contributed by atoms with Crippen LogP contribution in [0.2, 0.25) is 0 Å². The second kappa shape index (κ2) is 7.15. The van der Waals surface area contributed by atoms with Crippen LogP contribution in [0.4, 0.5) is 5.82 Å². The van der Waals surface area contributed by atoms with Crippen molar-refractivity contribution >= 4 is 27.4 Å². The zero-order valence-corrected chi connectivity index (χ0v) is 14.9. The molecule has 0 fully saturated rings. The van der Waals surface area contributed by atoms with Gasteiger partial charge in [-0.25, -0.2) is 9.97 Å². The number of hydrogen-bond acceptors (Lipinski definition) is 6. The van der Waals surface area contributed by atoms with Crippen LogP contribution in [-0.4, -0.2) is 34.8 Å². The summed E-state index contributed by atoms with van der Waals surface area (Å²) in [7, 11) is 1.66. The Morgan fingerprint density at radius 1 is 1.25 bits per heavy atom. The molecule has 1 aromatic carbocycles. The fourth-order valence-electron chi connectivity index (χ4n) is 2.61. The molecule has 6 heteroatoms. The fraction of sp³-hybridized carbons (Fsp3) is 0.333. The van der Waals surface area contributed by atoms with E-state index in [1.165, 1.54) is 0 Å². The van der Waals surface area contributed by atoms with Gasteiger partial charge in [-0.15, -0.1) is 11.3 Å². The van der Waals surface area contributed by atoms with Crippen molar-refractivity contribution < 1.29 is 9.84 Å². The van der Waals surface area contributed by atoms with Gasteiger partial charge in [-0.3, -0.25) is 0 Å². The molecule has 126 valence electrons. The highest BCUT2D eigenvalue weighted by Crippen LogP contribution is 2.37. The number of ether oxygens (including phenoxy) is 1. The number of aliphatic hydroxyl groups excluding tert-OH is 1. The van der Waals surface area contributed by atoms with E-state index < -0.39 is 0 Å². The van der Waals surface area contributed by atoms with Crippen molar-refractivity contribution in [3.05, 3.63) is 35.5 Å². The van der Waals surface area contributed by atoms with Gasteiger partial charge in [0, 0.05) is 10.9 Å². The largest absolute Gasteiger partial charge is 0.497 e. The zero-order valence-electron chi connectivity index (χ0n) is 14.0. The van der Waals surface area contributed by atoms with Crippen molar-refractivity contribution in [2.75, 3.05) is 19.0 Å². The first-order valence-electron chi connectivity index (χ1n) is 7.94. The number of nitrogens with one attached hydrogen (secondary N) is 1. The van der Waals surface area contributed by atoms with E-state index in [1.54, 1.807) is 18.4 Å². The van der Waals surface area contributed by atoms with E-state index in [0.717, 1.165) is 45.2 Å². The van der Waals surface area contributed by atoms with E-state index in [2.05, 4.69) is 20.7 Å². The lowest BCUT2D eigenvalue weighted by atomic mass is 10.1. The van der Waals surface area contributed by atoms with Gasteiger partial charge in [0.2, 0.25) is 0 Å². The van der Waals surface area contributed by atoms with Crippen LogP contribution < -0.4 is 10.1 Å². The first kappa shape index (κ1) is 16.7. The summed E-state index contributed by atoms with van der Waals surface area (Å²) in [5, 5.41) is 16.0. The van der Waals surface area contributed by atoms with E-state index in [-0.39, 0.29) is 12.6 Å². The Morgan fingerprint density at radius 3 is 2.62 bits per heavy atom. The molecule has 2 N–H and O–H groups in total. The molecular formula is C18H21N3O2S. The Kier molecular flexibility index (Phi) is 4.97. The van der Waals surface area contributed by atoms with Crippen LogP contribution in [0.25, 0.3) is 21.3 Å². The highest BCUT2D eigenvalue weighted by Gasteiger charge is 2.16. The lowest BCUT2D eigenvalue weighted by Gasteiger charge is -2.16. The summed E-state index contributed by atoms with van der Waals surface area (Å²) in [5.74, 6) is 2.33. The quantitative estimate of drug-likeness (QED) is 0.711. The molecule has 0 bridgehead atoms. The normalized spacial score (nSPS) is 12.3. The van der Waals surface area contributed by atoms with Crippen LogP contribution in [0, 0.1) is 6.92 Å². The van der Waals surface area contributed by atoms with Crippen LogP contribution >= 0.6 is 11.3 Å². The third-order valence-electron chi connectivity index (χ3n) is 4.00. The molecule has 0 spiro atoms. The highest BCUT2D eigenvalue weighted by molar-refractivity contribution is 7.17. The van der Waals surface area contributed by atoms with E-state index in [0.29, 0.717) is 0 Å². The van der Waals surface area contributed by atoms with Gasteiger partial charge in [0.05, 0.1) is 25.1 Å². The minimum Gasteiger partial charge on any atom is -0.497 e. The maximum atomic E-state index is 9.51. The molecule has 2 aromatic heterocycles. The maximum Gasteiger partial charge on any atom is 0.139 e. The van der Waals surface area contributed by atoms with Crippen LogP contribution in [0.1, 0.15) is 19.2 Å². The molecule has 3 rings (SSSR count). The fourth-order valence-corrected chi connectivity index (χ4v) is 3.60. The summed E-state index contributed by atoms with van der Waals surface area (Å²) < 4.78 is 5.23. The van der Waals surface area contributed by atoms with Crippen molar-refractivity contribution in [2.45, 2.75) is 26.3 Å². The van der Waals surface area contributed by atoms with E-state index >= 15 is 0 Å². The molecule has 5 nitrogen and oxygen atoms in total. The number of thiophene rings is 1. The number of fused-ring (bicyclic) bond motifs is 1. The average molecular weight is 343 g/mol. The minimum atomic E-state index is -0.0221. The van der Waals surface area contributed by atoms with Crippen LogP contribution in [0.15, 0.2) is 29.6 Å². The molecule has 24 heavy (non-hydrogen) atoms. The smallest absolute Gasteiger partial charge is 0.139 e. The van der Waals surface area contributed by atoms with E-state index in [1.807, 2.05) is 38.1 Å². The molecular weight excluding hydrogens is 322 g/mol. The van der Waals surface area contributed by atoms with Crippen molar-refractivity contribution in [1.82, 2.24) is 9.97 Å². The van der Waals surface area contributed by atoms with Gasteiger partial charge in [0.1, 0.15) is 22.2 Å². The molecule has 1 unspecified atom stereocenters. The number of hydrogen-bond donors (Lipinski definition) is 2. The standard InChI is InChI=1S/C18H21N3O2S/c1-4-13(9-22)21-17-16-15(10-24-18(16)20-11(2)19-17)12-5-7-14(23-3)8-6-12/h5-8,10,13,22H,4,9H2,1-3H3,(H,19,20,21). The predicted molar refractivity (Wildman–Crippen MR) is 98.9 cm³/mol. The lowest BCUT2D eigenvalue weighted by molar-refractivity contribution is 0.271. The topological polar surface area (TPSA) is 67.3 Å². The Bertz CT molecular complexity index is 826. The van der Waals surface area contributed by atoms with Crippen molar-refractivity contribution in [1.29, 1.82) is 0 Å². The maximum absolute atomic E-state index is 9.51. The third kappa shape index (κ3) is 3.20. The summed E-state index contributed by atoms with van der Waals surface area (Å²) >= 11 is 1.60. The summed E-state index contributed by atoms with van der Waals surface area (Å²) in [5.41, 5.74) is 2.18. The number of rotatable bonds is 6. The number of anilines is 1. The number of aliphatic hydroxyl groups is 1. The van der Waals surface area contributed by atoms with Gasteiger partial charge in [-0.05, 0) is 31.0 Å². The summed E-state index contributed by atoms with van der Waals surface area (Å²) in [6, 6.07) is 7.94. The molecule has 0 saturated carbocycles. The number of nitrogens with zero attached hydrogens (tertiary/aromatic N) is 2. The molecule has 0 radical (unpaired) electrons. The van der Waals surface area contributed by atoms with Gasteiger partial charge >= 0.3 is 0 Å². The first-order chi connectivity index (χ1) is 11.7. The van der Waals surface area contributed by atoms with E-state index in [9.17, 15) is 5.11 Å². The number of aromatic nitrogens is 2. The lowest BCUT2D eigenvalue weighted by Crippen LogP contribution is -2.23. The number of benzene rings is 1. The zero-order chi connectivity index (χ0) is 17.1. The van der Waals surface area contributed by atoms with E-state index in [4.69, 9.17) is 4.74 Å².